The molecule has 0 saturated heterocycles. The Balaban J connectivity index is 1.48. The Morgan fingerprint density at radius 1 is 1.04 bits per heavy atom. The number of carbonyl (C=O) groups excluding carboxylic acids is 3. The first-order chi connectivity index (χ1) is 13.5. The molecule has 0 bridgehead atoms. The molecule has 2 aromatic carbocycles. The van der Waals surface area contributed by atoms with Crippen LogP contribution in [0.2, 0.25) is 0 Å². The standard InChI is InChI=1S/C20H17BrN2O5/c1-12-13-6-2-5-9-16(13)28-19(12)20(26)27-11-18(25)22-10-17(24)23-15-8-4-3-7-14(15)21/h2-9H,10-11H2,1H3,(H,22,25)(H,23,24). The number of halogens is 1. The topological polar surface area (TPSA) is 97.6 Å². The van der Waals surface area contributed by atoms with Crippen molar-refractivity contribution >= 4 is 50.4 Å². The zero-order valence-electron chi connectivity index (χ0n) is 15.0. The number of carbonyl (C=O) groups is 3. The maximum atomic E-state index is 12.2. The van der Waals surface area contributed by atoms with E-state index in [0.29, 0.717) is 16.8 Å². The largest absolute Gasteiger partial charge is 0.450 e. The summed E-state index contributed by atoms with van der Waals surface area (Å²) in [6, 6.07) is 14.3. The van der Waals surface area contributed by atoms with Gasteiger partial charge in [0.25, 0.3) is 5.91 Å². The van der Waals surface area contributed by atoms with Gasteiger partial charge in [-0.3, -0.25) is 9.59 Å². The number of para-hydroxylation sites is 2. The number of benzene rings is 2. The van der Waals surface area contributed by atoms with Crippen molar-refractivity contribution in [2.45, 2.75) is 6.92 Å². The van der Waals surface area contributed by atoms with E-state index in [1.165, 1.54) is 0 Å². The molecule has 0 aliphatic carbocycles. The summed E-state index contributed by atoms with van der Waals surface area (Å²) in [5.41, 5.74) is 1.81. The van der Waals surface area contributed by atoms with Crippen LogP contribution >= 0.6 is 15.9 Å². The van der Waals surface area contributed by atoms with Crippen molar-refractivity contribution in [1.29, 1.82) is 0 Å². The summed E-state index contributed by atoms with van der Waals surface area (Å²) in [5, 5.41) is 5.86. The lowest BCUT2D eigenvalue weighted by Crippen LogP contribution is -2.35. The minimum Gasteiger partial charge on any atom is -0.450 e. The highest BCUT2D eigenvalue weighted by molar-refractivity contribution is 9.10. The van der Waals surface area contributed by atoms with E-state index >= 15 is 0 Å². The molecule has 1 aromatic heterocycles. The summed E-state index contributed by atoms with van der Waals surface area (Å²) in [6.45, 7) is 0.980. The maximum absolute atomic E-state index is 12.2. The number of furan rings is 1. The molecule has 7 nitrogen and oxygen atoms in total. The van der Waals surface area contributed by atoms with Gasteiger partial charge < -0.3 is 19.8 Å². The molecule has 3 rings (SSSR count). The van der Waals surface area contributed by atoms with Crippen LogP contribution in [0.4, 0.5) is 5.69 Å². The average Bonchev–Trinajstić information content (AvgIpc) is 3.03. The first-order valence-corrected chi connectivity index (χ1v) is 9.21. The van der Waals surface area contributed by atoms with Crippen LogP contribution < -0.4 is 10.6 Å². The van der Waals surface area contributed by atoms with Crippen LogP contribution in [0.1, 0.15) is 16.1 Å². The summed E-state index contributed by atoms with van der Waals surface area (Å²) in [5.74, 6) is -1.67. The highest BCUT2D eigenvalue weighted by Crippen LogP contribution is 2.25. The third-order valence-electron chi connectivity index (χ3n) is 3.96. The fourth-order valence-electron chi connectivity index (χ4n) is 2.55. The summed E-state index contributed by atoms with van der Waals surface area (Å²) in [7, 11) is 0. The number of ether oxygens (including phenoxy) is 1. The van der Waals surface area contributed by atoms with E-state index in [4.69, 9.17) is 9.15 Å². The Bertz CT molecular complexity index is 1040. The predicted molar refractivity (Wildman–Crippen MR) is 107 cm³/mol. The molecule has 0 radical (unpaired) electrons. The number of amides is 2. The number of fused-ring (bicyclic) bond motifs is 1. The number of hydrogen-bond donors (Lipinski definition) is 2. The van der Waals surface area contributed by atoms with Gasteiger partial charge >= 0.3 is 5.97 Å². The summed E-state index contributed by atoms with van der Waals surface area (Å²) in [6.07, 6.45) is 0. The van der Waals surface area contributed by atoms with Gasteiger partial charge in [-0.2, -0.15) is 0 Å². The Kier molecular flexibility index (Phi) is 6.10. The zero-order valence-corrected chi connectivity index (χ0v) is 16.5. The minimum atomic E-state index is -0.735. The van der Waals surface area contributed by atoms with Crippen LogP contribution in [0.5, 0.6) is 0 Å². The van der Waals surface area contributed by atoms with Crippen molar-refractivity contribution in [3.05, 3.63) is 64.3 Å². The molecule has 0 saturated carbocycles. The molecule has 144 valence electrons. The second-order valence-corrected chi connectivity index (χ2v) is 6.79. The van der Waals surface area contributed by atoms with E-state index in [9.17, 15) is 14.4 Å². The molecule has 3 aromatic rings. The van der Waals surface area contributed by atoms with Crippen LogP contribution in [0, 0.1) is 6.92 Å². The lowest BCUT2D eigenvalue weighted by molar-refractivity contribution is -0.126. The van der Waals surface area contributed by atoms with Crippen molar-refractivity contribution in [1.82, 2.24) is 5.32 Å². The molecule has 1 heterocycles. The van der Waals surface area contributed by atoms with Crippen LogP contribution in [0.25, 0.3) is 11.0 Å². The molecular formula is C20H17BrN2O5. The molecular weight excluding hydrogens is 428 g/mol. The van der Waals surface area contributed by atoms with E-state index in [2.05, 4.69) is 26.6 Å². The molecule has 28 heavy (non-hydrogen) atoms. The highest BCUT2D eigenvalue weighted by Gasteiger charge is 2.20. The molecule has 0 spiro atoms. The lowest BCUT2D eigenvalue weighted by Gasteiger charge is -2.08. The number of nitrogens with one attached hydrogen (secondary N) is 2. The van der Waals surface area contributed by atoms with Crippen molar-refractivity contribution in [2.24, 2.45) is 0 Å². The van der Waals surface area contributed by atoms with Crippen LogP contribution in [0.3, 0.4) is 0 Å². The normalized spacial score (nSPS) is 10.5. The highest BCUT2D eigenvalue weighted by atomic mass is 79.9. The number of anilines is 1. The van der Waals surface area contributed by atoms with Gasteiger partial charge in [0.2, 0.25) is 11.7 Å². The molecule has 2 N–H and O–H groups in total. The van der Waals surface area contributed by atoms with Gasteiger partial charge in [-0.1, -0.05) is 30.3 Å². The van der Waals surface area contributed by atoms with Crippen molar-refractivity contribution in [2.75, 3.05) is 18.5 Å². The fraction of sp³-hybridized carbons (Fsp3) is 0.150. The first-order valence-electron chi connectivity index (χ1n) is 8.42. The average molecular weight is 445 g/mol. The minimum absolute atomic E-state index is 0.0562. The second-order valence-electron chi connectivity index (χ2n) is 5.93. The summed E-state index contributed by atoms with van der Waals surface area (Å²) in [4.78, 5) is 35.9. The van der Waals surface area contributed by atoms with Gasteiger partial charge in [0.15, 0.2) is 6.61 Å². The van der Waals surface area contributed by atoms with Gasteiger partial charge in [0, 0.05) is 15.4 Å². The maximum Gasteiger partial charge on any atom is 0.375 e. The Hall–Kier alpha value is -3.13. The second kappa shape index (κ2) is 8.71. The smallest absolute Gasteiger partial charge is 0.375 e. The van der Waals surface area contributed by atoms with Gasteiger partial charge in [-0.15, -0.1) is 0 Å². The monoisotopic (exact) mass is 444 g/mol. The third-order valence-corrected chi connectivity index (χ3v) is 4.65. The Morgan fingerprint density at radius 2 is 1.75 bits per heavy atom. The SMILES string of the molecule is Cc1c(C(=O)OCC(=O)NCC(=O)Nc2ccccc2Br)oc2ccccc12. The third kappa shape index (κ3) is 4.58. The molecule has 0 aliphatic rings. The molecule has 0 atom stereocenters. The summed E-state index contributed by atoms with van der Waals surface area (Å²) >= 11 is 3.32. The Labute approximate surface area is 169 Å². The number of rotatable bonds is 6. The van der Waals surface area contributed by atoms with Gasteiger partial charge in [0.1, 0.15) is 5.58 Å². The number of hydrogen-bond acceptors (Lipinski definition) is 5. The van der Waals surface area contributed by atoms with Crippen molar-refractivity contribution in [3.63, 3.8) is 0 Å². The number of esters is 1. The van der Waals surface area contributed by atoms with E-state index in [-0.39, 0.29) is 12.3 Å². The van der Waals surface area contributed by atoms with Crippen LogP contribution in [0.15, 0.2) is 57.4 Å². The van der Waals surface area contributed by atoms with Crippen molar-refractivity contribution in [3.8, 4) is 0 Å². The molecule has 0 fully saturated rings. The van der Waals surface area contributed by atoms with Crippen LogP contribution in [-0.2, 0) is 14.3 Å². The van der Waals surface area contributed by atoms with E-state index in [1.54, 1.807) is 37.3 Å². The fourth-order valence-corrected chi connectivity index (χ4v) is 2.94. The van der Waals surface area contributed by atoms with Gasteiger partial charge in [-0.05, 0) is 41.1 Å². The van der Waals surface area contributed by atoms with Gasteiger partial charge in [-0.25, -0.2) is 4.79 Å². The predicted octanol–water partition coefficient (Wildman–Crippen LogP) is 3.42. The molecule has 2 amide bonds. The van der Waals surface area contributed by atoms with E-state index < -0.39 is 24.4 Å². The van der Waals surface area contributed by atoms with E-state index in [1.807, 2.05) is 18.2 Å². The Morgan fingerprint density at radius 3 is 2.50 bits per heavy atom. The quantitative estimate of drug-likeness (QED) is 0.567. The first kappa shape index (κ1) is 19.6. The molecule has 0 unspecified atom stereocenters. The molecule has 0 aliphatic heterocycles. The van der Waals surface area contributed by atoms with Gasteiger partial charge in [0.05, 0.1) is 12.2 Å². The van der Waals surface area contributed by atoms with Crippen LogP contribution in [-0.4, -0.2) is 30.9 Å². The lowest BCUT2D eigenvalue weighted by atomic mass is 10.1. The zero-order chi connectivity index (χ0) is 20.1. The molecule has 8 heteroatoms. The van der Waals surface area contributed by atoms with Crippen molar-refractivity contribution < 1.29 is 23.5 Å². The number of aryl methyl sites for hydroxylation is 1. The van der Waals surface area contributed by atoms with E-state index in [0.717, 1.165) is 9.86 Å². The summed E-state index contributed by atoms with van der Waals surface area (Å²) < 4.78 is 11.2.